The van der Waals surface area contributed by atoms with Crippen LogP contribution in [-0.4, -0.2) is 27.3 Å². The number of aromatic nitrogens is 2. The predicted octanol–water partition coefficient (Wildman–Crippen LogP) is 1.05. The van der Waals surface area contributed by atoms with Crippen molar-refractivity contribution in [1.29, 1.82) is 0 Å². The zero-order chi connectivity index (χ0) is 12.5. The zero-order valence-electron chi connectivity index (χ0n) is 9.28. The first-order chi connectivity index (χ1) is 8.20. The average molecular weight is 233 g/mol. The molecule has 0 fully saturated rings. The second-order valence-corrected chi connectivity index (χ2v) is 3.40. The first-order valence-corrected chi connectivity index (χ1v) is 5.16. The Morgan fingerprint density at radius 3 is 2.47 bits per heavy atom. The van der Waals surface area contributed by atoms with Crippen molar-refractivity contribution >= 4 is 5.97 Å². The van der Waals surface area contributed by atoms with E-state index in [1.807, 2.05) is 36.4 Å². The minimum Gasteiger partial charge on any atom is -0.480 e. The lowest BCUT2D eigenvalue weighted by Crippen LogP contribution is -2.32. The molecule has 0 spiro atoms. The normalized spacial score (nSPS) is 11.1. The number of hydrogen-bond donors (Lipinski definition) is 3. The van der Waals surface area contributed by atoms with Crippen LogP contribution in [0, 0.1) is 0 Å². The summed E-state index contributed by atoms with van der Waals surface area (Å²) in [6.45, 7) is 0. The van der Waals surface area contributed by atoms with E-state index in [0.29, 0.717) is 6.42 Å². The van der Waals surface area contributed by atoms with Crippen molar-refractivity contribution in [1.82, 2.24) is 10.2 Å². The molecule has 0 radical (unpaired) electrons. The van der Waals surface area contributed by atoms with Crippen LogP contribution in [0.25, 0.3) is 0 Å². The maximum atomic E-state index is 10.4. The van der Waals surface area contributed by atoms with E-state index in [9.17, 15) is 4.79 Å². The molecule has 0 aliphatic rings. The van der Waals surface area contributed by atoms with E-state index in [2.05, 4.69) is 10.2 Å². The summed E-state index contributed by atoms with van der Waals surface area (Å²) < 4.78 is 0. The number of nitrogens with zero attached hydrogens (tertiary/aromatic N) is 1. The molecule has 0 bridgehead atoms. The van der Waals surface area contributed by atoms with E-state index in [4.69, 9.17) is 10.8 Å². The van der Waals surface area contributed by atoms with Crippen molar-refractivity contribution in [2.75, 3.05) is 0 Å². The number of rotatable bonds is 3. The quantitative estimate of drug-likeness (QED) is 0.738. The van der Waals surface area contributed by atoms with Gasteiger partial charge in [-0.15, -0.1) is 0 Å². The van der Waals surface area contributed by atoms with Crippen LogP contribution >= 0.6 is 0 Å². The number of aliphatic carboxylic acids is 1. The fourth-order valence-electron chi connectivity index (χ4n) is 1.17. The van der Waals surface area contributed by atoms with Gasteiger partial charge in [0.25, 0.3) is 0 Å². The molecule has 0 amide bonds. The van der Waals surface area contributed by atoms with Crippen LogP contribution in [-0.2, 0) is 11.2 Å². The van der Waals surface area contributed by atoms with Gasteiger partial charge in [-0.05, 0) is 18.1 Å². The molecule has 0 aliphatic heterocycles. The summed E-state index contributed by atoms with van der Waals surface area (Å²) in [4.78, 5) is 10.4. The van der Waals surface area contributed by atoms with Gasteiger partial charge in [0.15, 0.2) is 0 Å². The molecule has 1 atom stereocenters. The SMILES string of the molecule is NC(Cc1ccccc1)C(=O)O.c1cn[nH]c1. The van der Waals surface area contributed by atoms with Crippen molar-refractivity contribution in [3.63, 3.8) is 0 Å². The van der Waals surface area contributed by atoms with Crippen molar-refractivity contribution in [2.45, 2.75) is 12.5 Å². The van der Waals surface area contributed by atoms with Gasteiger partial charge in [0.05, 0.1) is 0 Å². The van der Waals surface area contributed by atoms with Gasteiger partial charge in [0.2, 0.25) is 0 Å². The largest absolute Gasteiger partial charge is 0.480 e. The smallest absolute Gasteiger partial charge is 0.320 e. The van der Waals surface area contributed by atoms with Gasteiger partial charge in [-0.2, -0.15) is 5.10 Å². The number of carbonyl (C=O) groups is 1. The summed E-state index contributed by atoms with van der Waals surface area (Å²) in [5, 5.41) is 14.7. The third-order valence-corrected chi connectivity index (χ3v) is 2.02. The van der Waals surface area contributed by atoms with Crippen LogP contribution < -0.4 is 5.73 Å². The second-order valence-electron chi connectivity index (χ2n) is 3.40. The Labute approximate surface area is 99.3 Å². The number of carboxylic acids is 1. The molecule has 1 aromatic heterocycles. The number of benzene rings is 1. The fraction of sp³-hybridized carbons (Fsp3) is 0.167. The van der Waals surface area contributed by atoms with Gasteiger partial charge in [0.1, 0.15) is 6.04 Å². The Balaban J connectivity index is 0.000000239. The third kappa shape index (κ3) is 5.48. The summed E-state index contributed by atoms with van der Waals surface area (Å²) >= 11 is 0. The fourth-order valence-corrected chi connectivity index (χ4v) is 1.17. The van der Waals surface area contributed by atoms with Crippen LogP contribution in [0.5, 0.6) is 0 Å². The molecule has 0 saturated carbocycles. The number of nitrogens with one attached hydrogen (secondary N) is 1. The number of carboxylic acid groups (broad SMARTS) is 1. The minimum atomic E-state index is -0.959. The van der Waals surface area contributed by atoms with Crippen LogP contribution in [0.4, 0.5) is 0 Å². The van der Waals surface area contributed by atoms with E-state index in [1.165, 1.54) is 0 Å². The first-order valence-electron chi connectivity index (χ1n) is 5.16. The maximum absolute atomic E-state index is 10.4. The molecule has 1 aromatic carbocycles. The van der Waals surface area contributed by atoms with Crippen molar-refractivity contribution in [2.24, 2.45) is 5.73 Å². The first kappa shape index (κ1) is 12.9. The van der Waals surface area contributed by atoms with Crippen LogP contribution in [0.3, 0.4) is 0 Å². The highest BCUT2D eigenvalue weighted by Gasteiger charge is 2.10. The molecule has 2 aromatic rings. The predicted molar refractivity (Wildman–Crippen MR) is 64.3 cm³/mol. The van der Waals surface area contributed by atoms with Gasteiger partial charge in [0, 0.05) is 12.4 Å². The van der Waals surface area contributed by atoms with Crippen LogP contribution in [0.2, 0.25) is 0 Å². The molecular formula is C12H15N3O2. The molecule has 5 heteroatoms. The van der Waals surface area contributed by atoms with Crippen LogP contribution in [0.15, 0.2) is 48.8 Å². The number of nitrogens with two attached hydrogens (primary N) is 1. The lowest BCUT2D eigenvalue weighted by atomic mass is 10.1. The minimum absolute atomic E-state index is 0.385. The average Bonchev–Trinajstić information content (AvgIpc) is 2.89. The molecular weight excluding hydrogens is 218 g/mol. The van der Waals surface area contributed by atoms with Gasteiger partial charge in [-0.1, -0.05) is 30.3 Å². The van der Waals surface area contributed by atoms with Gasteiger partial charge >= 0.3 is 5.97 Å². The van der Waals surface area contributed by atoms with E-state index < -0.39 is 12.0 Å². The van der Waals surface area contributed by atoms with Gasteiger partial charge < -0.3 is 10.8 Å². The Morgan fingerprint density at radius 2 is 2.06 bits per heavy atom. The Hall–Kier alpha value is -2.14. The lowest BCUT2D eigenvalue weighted by Gasteiger charge is -2.04. The monoisotopic (exact) mass is 233 g/mol. The van der Waals surface area contributed by atoms with E-state index in [1.54, 1.807) is 12.4 Å². The van der Waals surface area contributed by atoms with E-state index in [-0.39, 0.29) is 0 Å². The molecule has 0 aliphatic carbocycles. The number of H-pyrrole nitrogens is 1. The summed E-state index contributed by atoms with van der Waals surface area (Å²) in [6, 6.07) is 10.4. The van der Waals surface area contributed by atoms with Crippen LogP contribution in [0.1, 0.15) is 5.56 Å². The molecule has 5 nitrogen and oxygen atoms in total. The molecule has 90 valence electrons. The highest BCUT2D eigenvalue weighted by atomic mass is 16.4. The molecule has 17 heavy (non-hydrogen) atoms. The molecule has 1 heterocycles. The summed E-state index contributed by atoms with van der Waals surface area (Å²) in [5.74, 6) is -0.959. The van der Waals surface area contributed by atoms with Crippen molar-refractivity contribution < 1.29 is 9.90 Å². The van der Waals surface area contributed by atoms with Crippen molar-refractivity contribution in [3.8, 4) is 0 Å². The molecule has 2 rings (SSSR count). The standard InChI is InChI=1S/C9H11NO2.C3H4N2/c10-8(9(11)12)6-7-4-2-1-3-5-7;1-2-4-5-3-1/h1-5,8H,6,10H2,(H,11,12);1-3H,(H,4,5). The van der Waals surface area contributed by atoms with Gasteiger partial charge in [-0.3, -0.25) is 9.89 Å². The third-order valence-electron chi connectivity index (χ3n) is 2.02. The highest BCUT2D eigenvalue weighted by Crippen LogP contribution is 2.01. The molecule has 1 unspecified atom stereocenters. The Kier molecular flexibility index (Phi) is 5.46. The maximum Gasteiger partial charge on any atom is 0.320 e. The van der Waals surface area contributed by atoms with Crippen molar-refractivity contribution in [3.05, 3.63) is 54.4 Å². The molecule has 4 N–H and O–H groups in total. The Morgan fingerprint density at radius 1 is 1.35 bits per heavy atom. The highest BCUT2D eigenvalue weighted by molar-refractivity contribution is 5.73. The summed E-state index contributed by atoms with van der Waals surface area (Å²) in [5.41, 5.74) is 6.30. The summed E-state index contributed by atoms with van der Waals surface area (Å²) in [7, 11) is 0. The number of aromatic amines is 1. The summed E-state index contributed by atoms with van der Waals surface area (Å²) in [6.07, 6.45) is 3.84. The Bertz CT molecular complexity index is 397. The zero-order valence-corrected chi connectivity index (χ0v) is 9.28. The van der Waals surface area contributed by atoms with Gasteiger partial charge in [-0.25, -0.2) is 0 Å². The number of hydrogen-bond acceptors (Lipinski definition) is 3. The second kappa shape index (κ2) is 7.19. The van der Waals surface area contributed by atoms with E-state index >= 15 is 0 Å². The molecule has 0 saturated heterocycles. The topological polar surface area (TPSA) is 92.0 Å². The van der Waals surface area contributed by atoms with E-state index in [0.717, 1.165) is 5.56 Å². The lowest BCUT2D eigenvalue weighted by molar-refractivity contribution is -0.138.